The number of primary amides is 1. The first kappa shape index (κ1) is 30.7. The van der Waals surface area contributed by atoms with E-state index in [1.165, 1.54) is 12.1 Å². The third-order valence-electron chi connectivity index (χ3n) is 7.33. The maximum atomic E-state index is 13.6. The van der Waals surface area contributed by atoms with Gasteiger partial charge in [-0.1, -0.05) is 18.2 Å². The Morgan fingerprint density at radius 2 is 1.70 bits per heavy atom. The van der Waals surface area contributed by atoms with Crippen molar-refractivity contribution in [3.8, 4) is 22.6 Å². The summed E-state index contributed by atoms with van der Waals surface area (Å²) in [4.78, 5) is 38.9. The molecule has 4 aromatic rings. The summed E-state index contributed by atoms with van der Waals surface area (Å²) in [5.41, 5.74) is 6.82. The quantitative estimate of drug-likeness (QED) is 0.209. The number of rotatable bonds is 7. The van der Waals surface area contributed by atoms with Gasteiger partial charge in [-0.05, 0) is 75.3 Å². The highest BCUT2D eigenvalue weighted by molar-refractivity contribution is 5.92. The number of anilines is 1. The molecule has 2 saturated heterocycles. The minimum absolute atomic E-state index is 0.0211. The fourth-order valence-electron chi connectivity index (χ4n) is 4.71. The second-order valence-electron chi connectivity index (χ2n) is 10.8. The molecule has 12 nitrogen and oxygen atoms in total. The van der Waals surface area contributed by atoms with Gasteiger partial charge >= 0.3 is 5.97 Å². The number of nitrogens with zero attached hydrogens (tertiary/aromatic N) is 3. The lowest BCUT2D eigenvalue weighted by Crippen LogP contribution is -2.42. The van der Waals surface area contributed by atoms with Crippen LogP contribution in [-0.2, 0) is 14.3 Å². The van der Waals surface area contributed by atoms with Crippen LogP contribution in [0, 0.1) is 11.2 Å². The number of ether oxygens (including phenoxy) is 2. The number of carboxylic acids is 1. The van der Waals surface area contributed by atoms with Gasteiger partial charge < -0.3 is 35.9 Å². The summed E-state index contributed by atoms with van der Waals surface area (Å²) in [5, 5.41) is 16.2. The molecule has 1 amide bonds. The van der Waals surface area contributed by atoms with E-state index in [0.29, 0.717) is 40.0 Å². The van der Waals surface area contributed by atoms with Crippen LogP contribution >= 0.6 is 0 Å². The fraction of sp³-hybridized carbons (Fsp3) is 0.323. The number of nitrogens with one attached hydrogen (secondary N) is 3. The lowest BCUT2D eigenvalue weighted by molar-refractivity contribution is -0.236. The summed E-state index contributed by atoms with van der Waals surface area (Å²) in [6, 6.07) is 16.8. The molecule has 0 aliphatic carbocycles. The highest BCUT2D eigenvalue weighted by atomic mass is 19.1. The summed E-state index contributed by atoms with van der Waals surface area (Å²) < 4.78 is 25.0. The Morgan fingerprint density at radius 3 is 2.32 bits per heavy atom. The van der Waals surface area contributed by atoms with Crippen LogP contribution in [-0.4, -0.2) is 69.3 Å². The Kier molecular flexibility index (Phi) is 9.58. The normalized spacial score (nSPS) is 20.3. The molecule has 2 aliphatic heterocycles. The van der Waals surface area contributed by atoms with Crippen molar-refractivity contribution in [3.63, 3.8) is 0 Å². The van der Waals surface area contributed by atoms with Gasteiger partial charge in [0.15, 0.2) is 5.82 Å². The zero-order chi connectivity index (χ0) is 31.1. The molecule has 230 valence electrons. The summed E-state index contributed by atoms with van der Waals surface area (Å²) >= 11 is 0. The van der Waals surface area contributed by atoms with E-state index in [2.05, 4.69) is 25.6 Å². The number of benzene rings is 2. The molecule has 0 atom stereocenters. The largest absolute Gasteiger partial charge is 0.481 e. The van der Waals surface area contributed by atoms with Crippen LogP contribution in [0.5, 0.6) is 0 Å². The number of aromatic nitrogens is 4. The first-order valence-corrected chi connectivity index (χ1v) is 14.2. The molecule has 0 unspecified atom stereocenters. The number of piperidine rings is 1. The first-order valence-electron chi connectivity index (χ1n) is 14.2. The predicted octanol–water partition coefficient (Wildman–Crippen LogP) is 3.76. The molecule has 2 aliphatic rings. The molecule has 2 fully saturated rings. The summed E-state index contributed by atoms with van der Waals surface area (Å²) in [6.45, 7) is 3.41. The van der Waals surface area contributed by atoms with Gasteiger partial charge in [0.2, 0.25) is 18.1 Å². The van der Waals surface area contributed by atoms with Crippen LogP contribution in [0.1, 0.15) is 42.2 Å². The number of carbonyl (C=O) groups excluding carboxylic acids is 1. The highest BCUT2D eigenvalue weighted by Crippen LogP contribution is 2.35. The molecular formula is C31H34FN7O5. The van der Waals surface area contributed by atoms with Crippen molar-refractivity contribution in [3.05, 3.63) is 84.1 Å². The average molecular weight is 604 g/mol. The number of aliphatic carboxylic acids is 1. The van der Waals surface area contributed by atoms with Crippen molar-refractivity contribution in [2.75, 3.05) is 31.6 Å². The first-order chi connectivity index (χ1) is 21.2. The minimum Gasteiger partial charge on any atom is -0.481 e. The molecule has 2 aromatic carbocycles. The van der Waals surface area contributed by atoms with Crippen molar-refractivity contribution >= 4 is 17.8 Å². The zero-order valence-electron chi connectivity index (χ0n) is 24.1. The lowest BCUT2D eigenvalue weighted by Gasteiger charge is -2.33. The minimum atomic E-state index is -1.13. The van der Waals surface area contributed by atoms with Gasteiger partial charge in [0, 0.05) is 23.4 Å². The number of carboxylic acid groups (broad SMARTS) is 1. The van der Waals surface area contributed by atoms with Gasteiger partial charge in [0.1, 0.15) is 11.2 Å². The van der Waals surface area contributed by atoms with E-state index in [4.69, 9.17) is 20.2 Å². The number of imidazole rings is 1. The standard InChI is InChI=1S/C24H27FN6O4.C7H7NO/c1-24(22(32)33)12-34-21(35-13-24)20-30-18(14-2-4-15(25)5-3-14)19(31-20)17-8-11-27-23(29-17)28-16-6-9-26-10-7-16;8-7(9)6-4-2-1-3-5-6/h2-5,8,11,16,21,26H,6-7,9-10,12-13H2,1H3,(H,30,31)(H,32,33)(H,27,28,29);1-5H,(H2,8,9). The SMILES string of the molecule is CC1(C(=O)O)COC(c2nc(-c3ccc(F)cc3)c(-c3ccnc(NC4CCNCC4)n3)[nH]2)OC1.NC(=O)c1ccccc1. The lowest BCUT2D eigenvalue weighted by atomic mass is 9.92. The zero-order valence-corrected chi connectivity index (χ0v) is 24.1. The monoisotopic (exact) mass is 603 g/mol. The van der Waals surface area contributed by atoms with E-state index in [-0.39, 0.29) is 31.0 Å². The number of halogens is 1. The van der Waals surface area contributed by atoms with E-state index < -0.39 is 17.7 Å². The van der Waals surface area contributed by atoms with Crippen LogP contribution < -0.4 is 16.4 Å². The fourth-order valence-corrected chi connectivity index (χ4v) is 4.71. The van der Waals surface area contributed by atoms with E-state index in [9.17, 15) is 19.1 Å². The molecule has 0 saturated carbocycles. The van der Waals surface area contributed by atoms with Gasteiger partial charge in [-0.15, -0.1) is 0 Å². The van der Waals surface area contributed by atoms with Crippen molar-refractivity contribution in [2.24, 2.45) is 11.1 Å². The predicted molar refractivity (Wildman–Crippen MR) is 160 cm³/mol. The number of nitrogens with two attached hydrogens (primary N) is 1. The van der Waals surface area contributed by atoms with Crippen LogP contribution in [0.25, 0.3) is 22.6 Å². The molecule has 0 spiro atoms. The van der Waals surface area contributed by atoms with Crippen molar-refractivity contribution in [2.45, 2.75) is 32.1 Å². The van der Waals surface area contributed by atoms with Crippen molar-refractivity contribution < 1.29 is 28.6 Å². The molecular weight excluding hydrogens is 569 g/mol. The number of hydrogen-bond donors (Lipinski definition) is 5. The van der Waals surface area contributed by atoms with Gasteiger partial charge in [0.25, 0.3) is 0 Å². The summed E-state index contributed by atoms with van der Waals surface area (Å²) in [7, 11) is 0. The summed E-state index contributed by atoms with van der Waals surface area (Å²) in [5.74, 6) is -0.835. The van der Waals surface area contributed by atoms with Gasteiger partial charge in [-0.25, -0.2) is 19.3 Å². The number of amides is 1. The molecule has 0 bridgehead atoms. The highest BCUT2D eigenvalue weighted by Gasteiger charge is 2.41. The van der Waals surface area contributed by atoms with E-state index in [1.54, 1.807) is 55.6 Å². The van der Waals surface area contributed by atoms with Crippen LogP contribution in [0.15, 0.2) is 66.9 Å². The third-order valence-corrected chi connectivity index (χ3v) is 7.33. The van der Waals surface area contributed by atoms with E-state index in [0.717, 1.165) is 25.9 Å². The maximum Gasteiger partial charge on any atom is 0.314 e. The topological polar surface area (TPSA) is 177 Å². The number of H-pyrrole nitrogens is 1. The second kappa shape index (κ2) is 13.7. The van der Waals surface area contributed by atoms with Crippen LogP contribution in [0.3, 0.4) is 0 Å². The Labute approximate surface area is 253 Å². The van der Waals surface area contributed by atoms with Crippen LogP contribution in [0.2, 0.25) is 0 Å². The van der Waals surface area contributed by atoms with E-state index in [1.807, 2.05) is 6.07 Å². The number of carbonyl (C=O) groups is 2. The molecule has 44 heavy (non-hydrogen) atoms. The van der Waals surface area contributed by atoms with Crippen LogP contribution in [0.4, 0.5) is 10.3 Å². The average Bonchev–Trinajstić information content (AvgIpc) is 3.49. The van der Waals surface area contributed by atoms with Crippen molar-refractivity contribution in [1.82, 2.24) is 25.3 Å². The molecule has 13 heteroatoms. The summed E-state index contributed by atoms with van der Waals surface area (Å²) in [6.07, 6.45) is 2.76. The van der Waals surface area contributed by atoms with Gasteiger partial charge in [0.05, 0.1) is 30.3 Å². The molecule has 6 N–H and O–H groups in total. The molecule has 0 radical (unpaired) electrons. The number of aromatic amines is 1. The Balaban J connectivity index is 0.000000367. The molecule has 4 heterocycles. The van der Waals surface area contributed by atoms with Crippen molar-refractivity contribution in [1.29, 1.82) is 0 Å². The Hall–Kier alpha value is -4.72. The maximum absolute atomic E-state index is 13.6. The second-order valence-corrected chi connectivity index (χ2v) is 10.8. The Bertz CT molecular complexity index is 1570. The van der Waals surface area contributed by atoms with E-state index >= 15 is 0 Å². The van der Waals surface area contributed by atoms with Gasteiger partial charge in [-0.3, -0.25) is 9.59 Å². The Morgan fingerprint density at radius 1 is 1.02 bits per heavy atom. The van der Waals surface area contributed by atoms with Gasteiger partial charge in [-0.2, -0.15) is 0 Å². The smallest absolute Gasteiger partial charge is 0.314 e. The molecule has 6 rings (SSSR count). The molecule has 2 aromatic heterocycles. The number of hydrogen-bond acceptors (Lipinski definition) is 9. The third kappa shape index (κ3) is 7.43.